The maximum atomic E-state index is 12.4. The van der Waals surface area contributed by atoms with E-state index >= 15 is 0 Å². The lowest BCUT2D eigenvalue weighted by molar-refractivity contribution is 0.103. The third-order valence-electron chi connectivity index (χ3n) is 4.25. The van der Waals surface area contributed by atoms with Crippen molar-refractivity contribution in [3.63, 3.8) is 0 Å². The first-order valence-corrected chi connectivity index (χ1v) is 9.59. The van der Waals surface area contributed by atoms with Crippen molar-refractivity contribution >= 4 is 22.9 Å². The average molecular weight is 381 g/mol. The van der Waals surface area contributed by atoms with Crippen molar-refractivity contribution < 1.29 is 19.0 Å². The van der Waals surface area contributed by atoms with E-state index in [1.54, 1.807) is 0 Å². The molecule has 1 N–H and O–H groups in total. The van der Waals surface area contributed by atoms with Crippen LogP contribution in [0.4, 0.5) is 5.69 Å². The topological polar surface area (TPSA) is 56.8 Å². The summed E-state index contributed by atoms with van der Waals surface area (Å²) in [5.74, 6) is 2.00. The minimum absolute atomic E-state index is 0.112. The number of hydrogen-bond acceptors (Lipinski definition) is 5. The minimum atomic E-state index is -0.112. The molecule has 1 amide bonds. The summed E-state index contributed by atoms with van der Waals surface area (Å²) in [5, 5.41) is 4.86. The number of carbonyl (C=O) groups is 1. The summed E-state index contributed by atoms with van der Waals surface area (Å²) in [4.78, 5) is 13.1. The highest BCUT2D eigenvalue weighted by molar-refractivity contribution is 7.12. The molecule has 0 unspecified atom stereocenters. The molecule has 0 aliphatic carbocycles. The molecule has 27 heavy (non-hydrogen) atoms. The second-order valence-electron chi connectivity index (χ2n) is 6.13. The van der Waals surface area contributed by atoms with Crippen LogP contribution in [0.1, 0.15) is 27.7 Å². The Labute approximate surface area is 161 Å². The van der Waals surface area contributed by atoms with E-state index in [4.69, 9.17) is 14.2 Å². The van der Waals surface area contributed by atoms with Gasteiger partial charge in [-0.25, -0.2) is 0 Å². The monoisotopic (exact) mass is 381 g/mol. The predicted octanol–water partition coefficient (Wildman–Crippen LogP) is 4.87. The Kier molecular flexibility index (Phi) is 4.98. The van der Waals surface area contributed by atoms with Crippen LogP contribution in [-0.4, -0.2) is 12.7 Å². The molecule has 138 valence electrons. The quantitative estimate of drug-likeness (QED) is 0.662. The number of aryl methyl sites for hydroxylation is 1. The van der Waals surface area contributed by atoms with Gasteiger partial charge in [0.25, 0.3) is 5.91 Å². The highest BCUT2D eigenvalue weighted by atomic mass is 32.1. The molecular formula is C21H19NO4S. The number of rotatable bonds is 6. The largest absolute Gasteiger partial charge is 0.489 e. The lowest BCUT2D eigenvalue weighted by atomic mass is 10.1. The summed E-state index contributed by atoms with van der Waals surface area (Å²) in [5.41, 5.74) is 2.99. The summed E-state index contributed by atoms with van der Waals surface area (Å²) in [7, 11) is 0. The Morgan fingerprint density at radius 2 is 1.89 bits per heavy atom. The Bertz CT molecular complexity index is 949. The number of ether oxygens (including phenoxy) is 3. The second kappa shape index (κ2) is 7.72. The molecule has 1 aliphatic heterocycles. The molecule has 2 heterocycles. The fraction of sp³-hybridized carbons (Fsp3) is 0.190. The summed E-state index contributed by atoms with van der Waals surface area (Å²) < 4.78 is 16.4. The van der Waals surface area contributed by atoms with E-state index in [1.165, 1.54) is 16.9 Å². The fourth-order valence-electron chi connectivity index (χ4n) is 2.72. The number of hydrogen-bond donors (Lipinski definition) is 1. The van der Waals surface area contributed by atoms with Crippen molar-refractivity contribution in [2.45, 2.75) is 20.0 Å². The molecule has 4 rings (SSSR count). The Morgan fingerprint density at radius 1 is 1.07 bits per heavy atom. The standard InChI is InChI=1S/C21H19NO4S/c1-2-14-3-5-16(6-4-14)22-21(23)20-9-15(12-27-20)11-24-17-7-8-18-19(10-17)26-13-25-18/h3-10,12H,2,11,13H2,1H3,(H,22,23). The van der Waals surface area contributed by atoms with Crippen molar-refractivity contribution in [3.8, 4) is 17.2 Å². The maximum absolute atomic E-state index is 12.4. The second-order valence-corrected chi connectivity index (χ2v) is 7.04. The fourth-order valence-corrected chi connectivity index (χ4v) is 3.51. The van der Waals surface area contributed by atoms with Crippen LogP contribution in [0.25, 0.3) is 0 Å². The zero-order valence-electron chi connectivity index (χ0n) is 14.9. The van der Waals surface area contributed by atoms with Gasteiger partial charge in [-0.1, -0.05) is 19.1 Å². The maximum Gasteiger partial charge on any atom is 0.265 e. The first kappa shape index (κ1) is 17.4. The Balaban J connectivity index is 1.35. The van der Waals surface area contributed by atoms with Crippen LogP contribution in [-0.2, 0) is 13.0 Å². The molecule has 0 spiro atoms. The Morgan fingerprint density at radius 3 is 2.70 bits per heavy atom. The van der Waals surface area contributed by atoms with Crippen LogP contribution in [0.2, 0.25) is 0 Å². The first-order chi connectivity index (χ1) is 13.2. The van der Waals surface area contributed by atoms with Crippen LogP contribution in [0.5, 0.6) is 17.2 Å². The first-order valence-electron chi connectivity index (χ1n) is 8.71. The molecule has 1 aromatic heterocycles. The predicted molar refractivity (Wildman–Crippen MR) is 105 cm³/mol. The van der Waals surface area contributed by atoms with E-state index in [2.05, 4.69) is 12.2 Å². The molecule has 0 fully saturated rings. The Hall–Kier alpha value is -2.99. The van der Waals surface area contributed by atoms with E-state index in [1.807, 2.05) is 53.9 Å². The van der Waals surface area contributed by atoms with Crippen molar-refractivity contribution in [2.75, 3.05) is 12.1 Å². The molecule has 3 aromatic rings. The summed E-state index contributed by atoms with van der Waals surface area (Å²) in [6.07, 6.45) is 0.978. The highest BCUT2D eigenvalue weighted by Crippen LogP contribution is 2.35. The number of anilines is 1. The van der Waals surface area contributed by atoms with Crippen molar-refractivity contribution in [1.29, 1.82) is 0 Å². The molecule has 0 saturated heterocycles. The van der Waals surface area contributed by atoms with Crippen LogP contribution in [0.15, 0.2) is 53.9 Å². The van der Waals surface area contributed by atoms with Gasteiger partial charge < -0.3 is 19.5 Å². The van der Waals surface area contributed by atoms with E-state index < -0.39 is 0 Å². The molecule has 0 radical (unpaired) electrons. The third kappa shape index (κ3) is 4.06. The van der Waals surface area contributed by atoms with Crippen molar-refractivity contribution in [3.05, 3.63) is 69.9 Å². The lowest BCUT2D eigenvalue weighted by Gasteiger charge is -2.06. The third-order valence-corrected chi connectivity index (χ3v) is 5.22. The average Bonchev–Trinajstić information content (AvgIpc) is 3.36. The van der Waals surface area contributed by atoms with E-state index in [9.17, 15) is 4.79 Å². The number of carbonyl (C=O) groups excluding carboxylic acids is 1. The van der Waals surface area contributed by atoms with Crippen molar-refractivity contribution in [1.82, 2.24) is 0 Å². The van der Waals surface area contributed by atoms with E-state index in [0.717, 1.165) is 23.4 Å². The normalized spacial score (nSPS) is 12.0. The summed E-state index contributed by atoms with van der Waals surface area (Å²) in [6.45, 7) is 2.73. The zero-order chi connectivity index (χ0) is 18.6. The number of benzene rings is 2. The van der Waals surface area contributed by atoms with Crippen LogP contribution < -0.4 is 19.5 Å². The lowest BCUT2D eigenvalue weighted by Crippen LogP contribution is -2.10. The highest BCUT2D eigenvalue weighted by Gasteiger charge is 2.14. The van der Waals surface area contributed by atoms with Gasteiger partial charge in [0.05, 0.1) is 4.88 Å². The smallest absolute Gasteiger partial charge is 0.265 e. The van der Waals surface area contributed by atoms with Gasteiger partial charge in [-0.3, -0.25) is 4.79 Å². The molecular weight excluding hydrogens is 362 g/mol. The van der Waals surface area contributed by atoms with E-state index in [0.29, 0.717) is 23.0 Å². The van der Waals surface area contributed by atoms with Gasteiger partial charge >= 0.3 is 0 Å². The molecule has 6 heteroatoms. The molecule has 0 saturated carbocycles. The minimum Gasteiger partial charge on any atom is -0.489 e. The van der Waals surface area contributed by atoms with Gasteiger partial charge in [0.1, 0.15) is 12.4 Å². The molecule has 0 atom stereocenters. The van der Waals surface area contributed by atoms with Crippen molar-refractivity contribution in [2.24, 2.45) is 0 Å². The van der Waals surface area contributed by atoms with Gasteiger partial charge in [-0.15, -0.1) is 11.3 Å². The summed E-state index contributed by atoms with van der Waals surface area (Å²) >= 11 is 1.40. The molecule has 0 bridgehead atoms. The van der Waals surface area contributed by atoms with Gasteiger partial charge in [0.2, 0.25) is 6.79 Å². The SMILES string of the molecule is CCc1ccc(NC(=O)c2cc(COc3ccc4c(c3)OCO4)cs2)cc1. The summed E-state index contributed by atoms with van der Waals surface area (Å²) in [6, 6.07) is 15.2. The van der Waals surface area contributed by atoms with Crippen LogP contribution >= 0.6 is 11.3 Å². The molecule has 5 nitrogen and oxygen atoms in total. The number of fused-ring (bicyclic) bond motifs is 1. The number of nitrogens with one attached hydrogen (secondary N) is 1. The molecule has 1 aliphatic rings. The molecule has 2 aromatic carbocycles. The van der Waals surface area contributed by atoms with Gasteiger partial charge in [-0.05, 0) is 47.7 Å². The van der Waals surface area contributed by atoms with Crippen LogP contribution in [0.3, 0.4) is 0 Å². The van der Waals surface area contributed by atoms with Gasteiger partial charge in [0.15, 0.2) is 11.5 Å². The zero-order valence-corrected chi connectivity index (χ0v) is 15.7. The van der Waals surface area contributed by atoms with Crippen LogP contribution in [0, 0.1) is 0 Å². The van der Waals surface area contributed by atoms with Gasteiger partial charge in [-0.2, -0.15) is 0 Å². The number of amides is 1. The van der Waals surface area contributed by atoms with Gasteiger partial charge in [0, 0.05) is 17.3 Å². The number of thiophene rings is 1. The van der Waals surface area contributed by atoms with E-state index in [-0.39, 0.29) is 12.7 Å².